The molecule has 1 fully saturated rings. The molecule has 0 aliphatic carbocycles. The predicted molar refractivity (Wildman–Crippen MR) is 109 cm³/mol. The summed E-state index contributed by atoms with van der Waals surface area (Å²) in [5, 5.41) is 1.16. The Morgan fingerprint density at radius 2 is 1.93 bits per heavy atom. The van der Waals surface area contributed by atoms with Gasteiger partial charge in [0.05, 0.1) is 15.2 Å². The van der Waals surface area contributed by atoms with Gasteiger partial charge in [-0.1, -0.05) is 31.2 Å². The minimum atomic E-state index is -0.657. The van der Waals surface area contributed by atoms with Gasteiger partial charge in [0.15, 0.2) is 17.7 Å². The zero-order valence-electron chi connectivity index (χ0n) is 15.8. The van der Waals surface area contributed by atoms with Crippen molar-refractivity contribution in [2.45, 2.75) is 38.2 Å². The number of piperidine rings is 1. The molecule has 146 valence electrons. The average Bonchev–Trinajstić information content (AvgIpc) is 3.17. The Morgan fingerprint density at radius 1 is 1.21 bits per heavy atom. The number of nitrogens with zero attached hydrogens (tertiary/aromatic N) is 2. The van der Waals surface area contributed by atoms with E-state index in [1.807, 2.05) is 30.0 Å². The number of carbonyl (C=O) groups excluding carboxylic acids is 1. The molecule has 1 aromatic heterocycles. The van der Waals surface area contributed by atoms with Crippen molar-refractivity contribution >= 4 is 27.5 Å². The number of halogens is 1. The fourth-order valence-electron chi connectivity index (χ4n) is 3.62. The van der Waals surface area contributed by atoms with Gasteiger partial charge in [0.1, 0.15) is 0 Å². The first-order chi connectivity index (χ1) is 13.7. The summed E-state index contributed by atoms with van der Waals surface area (Å²) >= 11 is 1.75. The Balaban J connectivity index is 1.39. The maximum atomic E-state index is 13.9. The molecule has 3 aromatic rings. The van der Waals surface area contributed by atoms with Crippen LogP contribution in [-0.2, 0) is 4.79 Å². The molecule has 28 heavy (non-hydrogen) atoms. The van der Waals surface area contributed by atoms with Crippen LogP contribution in [0.3, 0.4) is 0 Å². The third kappa shape index (κ3) is 3.87. The van der Waals surface area contributed by atoms with Gasteiger partial charge in [-0.15, -0.1) is 11.3 Å². The third-order valence-corrected chi connectivity index (χ3v) is 6.42. The second-order valence-electron chi connectivity index (χ2n) is 7.06. The molecule has 1 amide bonds. The van der Waals surface area contributed by atoms with Crippen LogP contribution in [0.4, 0.5) is 4.39 Å². The van der Waals surface area contributed by atoms with Crippen molar-refractivity contribution in [1.29, 1.82) is 0 Å². The lowest BCUT2D eigenvalue weighted by atomic mass is 9.97. The van der Waals surface area contributed by atoms with Crippen molar-refractivity contribution in [2.24, 2.45) is 0 Å². The summed E-state index contributed by atoms with van der Waals surface area (Å²) in [6.45, 7) is 3.24. The van der Waals surface area contributed by atoms with Gasteiger partial charge >= 0.3 is 0 Å². The van der Waals surface area contributed by atoms with Crippen LogP contribution in [-0.4, -0.2) is 35.0 Å². The smallest absolute Gasteiger partial charge is 0.263 e. The van der Waals surface area contributed by atoms with E-state index in [0.29, 0.717) is 25.4 Å². The largest absolute Gasteiger partial charge is 0.478 e. The van der Waals surface area contributed by atoms with E-state index >= 15 is 0 Å². The molecule has 0 saturated carbocycles. The van der Waals surface area contributed by atoms with Crippen LogP contribution in [0, 0.1) is 5.82 Å². The van der Waals surface area contributed by atoms with Gasteiger partial charge in [-0.25, -0.2) is 9.37 Å². The Morgan fingerprint density at radius 3 is 2.64 bits per heavy atom. The van der Waals surface area contributed by atoms with E-state index in [-0.39, 0.29) is 11.7 Å². The number of hydrogen-bond donors (Lipinski definition) is 0. The van der Waals surface area contributed by atoms with Crippen molar-refractivity contribution in [1.82, 2.24) is 9.88 Å². The molecule has 0 radical (unpaired) electrons. The monoisotopic (exact) mass is 398 g/mol. The van der Waals surface area contributed by atoms with Crippen LogP contribution in [0.1, 0.15) is 37.1 Å². The molecule has 4 rings (SSSR count). The Bertz CT molecular complexity index is 933. The highest BCUT2D eigenvalue weighted by molar-refractivity contribution is 7.18. The normalized spacial score (nSPS) is 16.3. The van der Waals surface area contributed by atoms with Crippen molar-refractivity contribution in [3.63, 3.8) is 0 Å². The summed E-state index contributed by atoms with van der Waals surface area (Å²) < 4.78 is 20.8. The molecule has 1 aliphatic rings. The molecule has 1 saturated heterocycles. The van der Waals surface area contributed by atoms with E-state index < -0.39 is 11.9 Å². The summed E-state index contributed by atoms with van der Waals surface area (Å²) in [6.07, 6.45) is 1.63. The molecular formula is C22H23FN2O2S. The van der Waals surface area contributed by atoms with Crippen molar-refractivity contribution in [3.8, 4) is 5.75 Å². The summed E-state index contributed by atoms with van der Waals surface area (Å²) in [6, 6.07) is 14.4. The number of hydrogen-bond acceptors (Lipinski definition) is 4. The first-order valence-corrected chi connectivity index (χ1v) is 10.5. The van der Waals surface area contributed by atoms with E-state index in [1.165, 1.54) is 10.8 Å². The van der Waals surface area contributed by atoms with Crippen LogP contribution < -0.4 is 4.74 Å². The van der Waals surface area contributed by atoms with E-state index in [1.54, 1.807) is 29.5 Å². The molecule has 6 heteroatoms. The van der Waals surface area contributed by atoms with Crippen molar-refractivity contribution in [3.05, 3.63) is 59.4 Å². The molecule has 0 spiro atoms. The second-order valence-corrected chi connectivity index (χ2v) is 8.13. The number of likely N-dealkylation sites (tertiary alicyclic amines) is 1. The minimum Gasteiger partial charge on any atom is -0.478 e. The number of aromatic nitrogens is 1. The number of para-hydroxylation sites is 2. The summed E-state index contributed by atoms with van der Waals surface area (Å²) in [7, 11) is 0. The topological polar surface area (TPSA) is 42.4 Å². The summed E-state index contributed by atoms with van der Waals surface area (Å²) in [5.74, 6) is 0.0119. The van der Waals surface area contributed by atoms with Gasteiger partial charge < -0.3 is 9.64 Å². The SMILES string of the molecule is CC[C@@H](Oc1ccccc1F)C(=O)N1CCC(c2nc3ccccc3s2)CC1. The number of amides is 1. The number of ether oxygens (including phenoxy) is 1. The lowest BCUT2D eigenvalue weighted by Crippen LogP contribution is -2.45. The van der Waals surface area contributed by atoms with Gasteiger partial charge in [0.25, 0.3) is 5.91 Å². The average molecular weight is 399 g/mol. The van der Waals surface area contributed by atoms with Crippen LogP contribution >= 0.6 is 11.3 Å². The Hall–Kier alpha value is -2.47. The van der Waals surface area contributed by atoms with E-state index in [4.69, 9.17) is 9.72 Å². The molecule has 0 bridgehead atoms. The zero-order chi connectivity index (χ0) is 19.5. The molecule has 0 N–H and O–H groups in total. The van der Waals surface area contributed by atoms with Gasteiger partial charge in [-0.05, 0) is 43.5 Å². The lowest BCUT2D eigenvalue weighted by Gasteiger charge is -2.33. The molecular weight excluding hydrogens is 375 g/mol. The highest BCUT2D eigenvalue weighted by Crippen LogP contribution is 2.34. The highest BCUT2D eigenvalue weighted by Gasteiger charge is 2.30. The van der Waals surface area contributed by atoms with Crippen LogP contribution in [0.2, 0.25) is 0 Å². The number of rotatable bonds is 5. The molecule has 1 atom stereocenters. The van der Waals surface area contributed by atoms with Crippen LogP contribution in [0.5, 0.6) is 5.75 Å². The first kappa shape index (κ1) is 18.9. The van der Waals surface area contributed by atoms with E-state index in [9.17, 15) is 9.18 Å². The van der Waals surface area contributed by atoms with Crippen molar-refractivity contribution < 1.29 is 13.9 Å². The fourth-order valence-corrected chi connectivity index (χ4v) is 4.75. The summed E-state index contributed by atoms with van der Waals surface area (Å²) in [5.41, 5.74) is 1.05. The number of carbonyl (C=O) groups is 1. The van der Waals surface area contributed by atoms with Gasteiger partial charge in [-0.2, -0.15) is 0 Å². The first-order valence-electron chi connectivity index (χ1n) is 9.71. The van der Waals surface area contributed by atoms with Crippen LogP contribution in [0.15, 0.2) is 48.5 Å². The zero-order valence-corrected chi connectivity index (χ0v) is 16.6. The molecule has 0 unspecified atom stereocenters. The van der Waals surface area contributed by atoms with Crippen molar-refractivity contribution in [2.75, 3.05) is 13.1 Å². The maximum absolute atomic E-state index is 13.9. The minimum absolute atomic E-state index is 0.0616. The summed E-state index contributed by atoms with van der Waals surface area (Å²) in [4.78, 5) is 19.5. The van der Waals surface area contributed by atoms with Gasteiger partial charge in [0.2, 0.25) is 0 Å². The van der Waals surface area contributed by atoms with Gasteiger partial charge in [-0.3, -0.25) is 4.79 Å². The van der Waals surface area contributed by atoms with E-state index in [2.05, 4.69) is 6.07 Å². The maximum Gasteiger partial charge on any atom is 0.263 e. The Kier molecular flexibility index (Phi) is 5.57. The highest BCUT2D eigenvalue weighted by atomic mass is 32.1. The van der Waals surface area contributed by atoms with Crippen LogP contribution in [0.25, 0.3) is 10.2 Å². The standard InChI is InChI=1S/C22H23FN2O2S/c1-2-18(27-19-9-5-3-7-16(19)23)22(26)25-13-11-15(12-14-25)21-24-17-8-4-6-10-20(17)28-21/h3-10,15,18H,2,11-14H2,1H3/t18-/m1/s1. The second kappa shape index (κ2) is 8.27. The molecule has 2 aromatic carbocycles. The van der Waals surface area contributed by atoms with Gasteiger partial charge in [0, 0.05) is 19.0 Å². The predicted octanol–water partition coefficient (Wildman–Crippen LogP) is 5.00. The fraction of sp³-hybridized carbons (Fsp3) is 0.364. The number of thiazole rings is 1. The Labute approximate surface area is 168 Å². The molecule has 2 heterocycles. The number of benzene rings is 2. The number of fused-ring (bicyclic) bond motifs is 1. The van der Waals surface area contributed by atoms with E-state index in [0.717, 1.165) is 23.4 Å². The lowest BCUT2D eigenvalue weighted by molar-refractivity contribution is -0.140. The molecule has 1 aliphatic heterocycles. The molecule has 4 nitrogen and oxygen atoms in total. The quantitative estimate of drug-likeness (QED) is 0.607. The third-order valence-electron chi connectivity index (χ3n) is 5.22.